The Bertz CT molecular complexity index is 287. The third-order valence-electron chi connectivity index (χ3n) is 1.06. The van der Waals surface area contributed by atoms with Crippen LogP contribution in [-0.2, 0) is 23.8 Å². The Kier molecular flexibility index (Phi) is 3.91. The van der Waals surface area contributed by atoms with E-state index in [1.807, 2.05) is 0 Å². The van der Waals surface area contributed by atoms with Gasteiger partial charge in [0.25, 0.3) is 10.1 Å². The fourth-order valence-corrected chi connectivity index (χ4v) is 1.10. The van der Waals surface area contributed by atoms with Crippen LogP contribution in [0.1, 0.15) is 6.92 Å². The van der Waals surface area contributed by atoms with E-state index in [-0.39, 0.29) is 5.57 Å². The molecule has 70 valence electrons. The smallest absolute Gasteiger partial charge is 0.334 e. The first-order valence-electron chi connectivity index (χ1n) is 3.00. The number of hydrogen-bond donors (Lipinski definition) is 0. The van der Waals surface area contributed by atoms with Crippen LogP contribution in [0.2, 0.25) is 0 Å². The van der Waals surface area contributed by atoms with Crippen molar-refractivity contribution in [1.29, 1.82) is 0 Å². The molecule has 6 heteroatoms. The number of rotatable bonds is 3. The lowest BCUT2D eigenvalue weighted by atomic mass is 10.4. The van der Waals surface area contributed by atoms with Crippen molar-refractivity contribution < 1.29 is 22.1 Å². The second kappa shape index (κ2) is 4.22. The van der Waals surface area contributed by atoms with Crippen molar-refractivity contribution in [2.75, 3.05) is 14.2 Å². The van der Waals surface area contributed by atoms with Crippen LogP contribution in [0.15, 0.2) is 11.0 Å². The quantitative estimate of drug-likeness (QED) is 0.360. The highest BCUT2D eigenvalue weighted by molar-refractivity contribution is 7.89. The predicted molar refractivity (Wildman–Crippen MR) is 41.7 cm³/mol. The minimum Gasteiger partial charge on any atom is -0.466 e. The largest absolute Gasteiger partial charge is 0.466 e. The first-order chi connectivity index (χ1) is 5.43. The number of hydrogen-bond acceptors (Lipinski definition) is 5. The summed E-state index contributed by atoms with van der Waals surface area (Å²) >= 11 is 0. The van der Waals surface area contributed by atoms with Gasteiger partial charge in [-0.25, -0.2) is 4.79 Å². The molecule has 12 heavy (non-hydrogen) atoms. The Balaban J connectivity index is 4.69. The summed E-state index contributed by atoms with van der Waals surface area (Å²) < 4.78 is 29.8. The Hall–Kier alpha value is -0.880. The van der Waals surface area contributed by atoms with Gasteiger partial charge in [-0.1, -0.05) is 0 Å². The summed E-state index contributed by atoms with van der Waals surface area (Å²) in [5, 5.41) is 0.707. The summed E-state index contributed by atoms with van der Waals surface area (Å²) in [6, 6.07) is 0. The SMILES string of the molecule is COC(=O)C(C)=CS(=O)(=O)OC. The van der Waals surface area contributed by atoms with E-state index in [9.17, 15) is 13.2 Å². The van der Waals surface area contributed by atoms with Crippen molar-refractivity contribution in [2.45, 2.75) is 6.92 Å². The standard InChI is InChI=1S/C6H10O5S/c1-5(6(7)10-2)4-12(8,9)11-3/h4H,1-3H3. The van der Waals surface area contributed by atoms with Crippen LogP contribution in [-0.4, -0.2) is 28.6 Å². The van der Waals surface area contributed by atoms with Gasteiger partial charge in [0.05, 0.1) is 19.6 Å². The number of methoxy groups -OCH3 is 1. The molecule has 0 aromatic rings. The summed E-state index contributed by atoms with van der Waals surface area (Å²) in [5.74, 6) is -0.698. The summed E-state index contributed by atoms with van der Waals surface area (Å²) in [4.78, 5) is 10.7. The molecule has 0 saturated heterocycles. The maximum atomic E-state index is 10.7. The molecule has 0 bridgehead atoms. The molecule has 0 aliphatic carbocycles. The van der Waals surface area contributed by atoms with Gasteiger partial charge in [0.1, 0.15) is 0 Å². The zero-order valence-electron chi connectivity index (χ0n) is 7.03. The van der Waals surface area contributed by atoms with Crippen LogP contribution in [0.25, 0.3) is 0 Å². The van der Waals surface area contributed by atoms with Crippen LogP contribution < -0.4 is 0 Å². The van der Waals surface area contributed by atoms with Gasteiger partial charge in [-0.3, -0.25) is 4.18 Å². The highest BCUT2D eigenvalue weighted by Gasteiger charge is 2.09. The van der Waals surface area contributed by atoms with E-state index in [1.165, 1.54) is 14.0 Å². The number of carbonyl (C=O) groups is 1. The van der Waals surface area contributed by atoms with Gasteiger partial charge in [-0.15, -0.1) is 0 Å². The average molecular weight is 194 g/mol. The van der Waals surface area contributed by atoms with E-state index in [4.69, 9.17) is 0 Å². The zero-order chi connectivity index (χ0) is 9.78. The molecule has 0 aromatic carbocycles. The molecular formula is C6H10O5S. The van der Waals surface area contributed by atoms with E-state index in [0.29, 0.717) is 5.41 Å². The second-order valence-corrected chi connectivity index (χ2v) is 3.51. The lowest BCUT2D eigenvalue weighted by Gasteiger charge is -1.97. The summed E-state index contributed by atoms with van der Waals surface area (Å²) in [7, 11) is -1.56. The van der Waals surface area contributed by atoms with Crippen molar-refractivity contribution in [3.8, 4) is 0 Å². The van der Waals surface area contributed by atoms with Gasteiger partial charge in [0.2, 0.25) is 0 Å². The number of ether oxygens (including phenoxy) is 1. The van der Waals surface area contributed by atoms with E-state index in [0.717, 1.165) is 7.11 Å². The normalized spacial score (nSPS) is 12.8. The minimum atomic E-state index is -3.74. The molecule has 0 aliphatic heterocycles. The Morgan fingerprint density at radius 3 is 2.17 bits per heavy atom. The van der Waals surface area contributed by atoms with Crippen molar-refractivity contribution in [3.63, 3.8) is 0 Å². The highest BCUT2D eigenvalue weighted by Crippen LogP contribution is 2.01. The van der Waals surface area contributed by atoms with E-state index in [1.54, 1.807) is 0 Å². The van der Waals surface area contributed by atoms with Crippen LogP contribution in [0, 0.1) is 0 Å². The molecule has 0 saturated carbocycles. The topological polar surface area (TPSA) is 69.7 Å². The molecular weight excluding hydrogens is 184 g/mol. The van der Waals surface area contributed by atoms with E-state index < -0.39 is 16.1 Å². The molecule has 0 aliphatic rings. The van der Waals surface area contributed by atoms with Gasteiger partial charge in [-0.05, 0) is 6.92 Å². The molecule has 0 amide bonds. The lowest BCUT2D eigenvalue weighted by Crippen LogP contribution is -2.05. The fraction of sp³-hybridized carbons (Fsp3) is 0.500. The van der Waals surface area contributed by atoms with E-state index in [2.05, 4.69) is 8.92 Å². The minimum absolute atomic E-state index is 0.0284. The third kappa shape index (κ3) is 3.49. The van der Waals surface area contributed by atoms with Crippen LogP contribution in [0.3, 0.4) is 0 Å². The summed E-state index contributed by atoms with van der Waals surface area (Å²) in [6.45, 7) is 1.32. The molecule has 0 radical (unpaired) electrons. The average Bonchev–Trinajstić information content (AvgIpc) is 2.02. The number of esters is 1. The van der Waals surface area contributed by atoms with Crippen molar-refractivity contribution in [3.05, 3.63) is 11.0 Å². The highest BCUT2D eigenvalue weighted by atomic mass is 32.2. The molecule has 0 spiro atoms. The maximum absolute atomic E-state index is 10.7. The molecule has 0 aromatic heterocycles. The Morgan fingerprint density at radius 2 is 1.83 bits per heavy atom. The van der Waals surface area contributed by atoms with Crippen molar-refractivity contribution >= 4 is 16.1 Å². The molecule has 0 atom stereocenters. The lowest BCUT2D eigenvalue weighted by molar-refractivity contribution is -0.136. The summed E-state index contributed by atoms with van der Waals surface area (Å²) in [5.41, 5.74) is -0.0284. The maximum Gasteiger partial charge on any atom is 0.334 e. The van der Waals surface area contributed by atoms with Gasteiger partial charge < -0.3 is 4.74 Å². The van der Waals surface area contributed by atoms with Crippen LogP contribution in [0.5, 0.6) is 0 Å². The second-order valence-electron chi connectivity index (χ2n) is 1.95. The molecule has 0 fully saturated rings. The predicted octanol–water partition coefficient (Wildman–Crippen LogP) is 0.0394. The van der Waals surface area contributed by atoms with Crippen molar-refractivity contribution in [2.24, 2.45) is 0 Å². The molecule has 0 heterocycles. The van der Waals surface area contributed by atoms with Gasteiger partial charge in [-0.2, -0.15) is 8.42 Å². The van der Waals surface area contributed by atoms with Gasteiger partial charge in [0, 0.05) is 5.57 Å². The first-order valence-corrected chi connectivity index (χ1v) is 4.47. The van der Waals surface area contributed by atoms with Crippen molar-refractivity contribution in [1.82, 2.24) is 0 Å². The molecule has 5 nitrogen and oxygen atoms in total. The summed E-state index contributed by atoms with van der Waals surface area (Å²) in [6.07, 6.45) is 0. The fourth-order valence-electron chi connectivity index (χ4n) is 0.474. The van der Waals surface area contributed by atoms with Crippen LogP contribution in [0.4, 0.5) is 0 Å². The Labute approximate surface area is 71.1 Å². The molecule has 0 N–H and O–H groups in total. The monoisotopic (exact) mass is 194 g/mol. The van der Waals surface area contributed by atoms with Crippen LogP contribution >= 0.6 is 0 Å². The van der Waals surface area contributed by atoms with E-state index >= 15 is 0 Å². The number of carbonyl (C=O) groups excluding carboxylic acids is 1. The third-order valence-corrected chi connectivity index (χ3v) is 2.17. The van der Waals surface area contributed by atoms with Gasteiger partial charge >= 0.3 is 5.97 Å². The Morgan fingerprint density at radius 1 is 1.33 bits per heavy atom. The zero-order valence-corrected chi connectivity index (χ0v) is 7.84. The molecule has 0 unspecified atom stereocenters. The molecule has 0 rings (SSSR count). The first kappa shape index (κ1) is 11.1. The van der Waals surface area contributed by atoms with Gasteiger partial charge in [0.15, 0.2) is 0 Å².